The predicted molar refractivity (Wildman–Crippen MR) is 200 cm³/mol. The molecule has 1 heterocycles. The molecule has 1 unspecified atom stereocenters. The molecule has 0 radical (unpaired) electrons. The predicted octanol–water partition coefficient (Wildman–Crippen LogP) is 6.75. The number of benzene rings is 2. The summed E-state index contributed by atoms with van der Waals surface area (Å²) < 4.78 is 92.5. The van der Waals surface area contributed by atoms with Gasteiger partial charge in [-0.25, -0.2) is 13.8 Å². The molecule has 0 bridgehead atoms. The van der Waals surface area contributed by atoms with Crippen molar-refractivity contribution in [3.05, 3.63) is 82.7 Å². The third kappa shape index (κ3) is 12.5. The van der Waals surface area contributed by atoms with Gasteiger partial charge in [-0.05, 0) is 54.0 Å². The molecule has 1 aromatic heterocycles. The number of guanidine groups is 1. The van der Waals surface area contributed by atoms with E-state index in [0.717, 1.165) is 29.6 Å². The van der Waals surface area contributed by atoms with Crippen LogP contribution in [0.3, 0.4) is 0 Å². The number of nitrogens with one attached hydrogen (secondary N) is 2. The number of allylic oxidation sites excluding steroid dienone is 1. The van der Waals surface area contributed by atoms with Crippen LogP contribution >= 0.6 is 11.6 Å². The van der Waals surface area contributed by atoms with Gasteiger partial charge in [-0.3, -0.25) is 14.6 Å². The Hall–Kier alpha value is -5.04. The molecular weight excluding hydrogens is 775 g/mol. The number of aromatic nitrogens is 3. The molecule has 1 aliphatic rings. The van der Waals surface area contributed by atoms with E-state index in [9.17, 15) is 40.3 Å². The van der Waals surface area contributed by atoms with Crippen molar-refractivity contribution in [1.29, 1.82) is 0 Å². The van der Waals surface area contributed by atoms with Gasteiger partial charge in [-0.2, -0.15) is 37.4 Å². The molecule has 308 valence electrons. The number of likely N-dealkylation sites (N-methyl/N-ethyl adjacent to an activating group) is 1. The molecule has 0 saturated heterocycles. The minimum atomic E-state index is -4.28. The van der Waals surface area contributed by atoms with Crippen molar-refractivity contribution in [1.82, 2.24) is 30.4 Å². The highest BCUT2D eigenvalue weighted by Crippen LogP contribution is 2.48. The molecule has 0 aliphatic heterocycles. The van der Waals surface area contributed by atoms with Crippen molar-refractivity contribution < 1.29 is 45.1 Å². The lowest BCUT2D eigenvalue weighted by molar-refractivity contribution is -0.167. The van der Waals surface area contributed by atoms with E-state index < -0.39 is 42.0 Å². The van der Waals surface area contributed by atoms with Gasteiger partial charge in [0.25, 0.3) is 0 Å². The van der Waals surface area contributed by atoms with Gasteiger partial charge in [-0.1, -0.05) is 62.7 Å². The van der Waals surface area contributed by atoms with Crippen LogP contribution in [0.4, 0.5) is 30.7 Å². The zero-order chi connectivity index (χ0) is 42.3. The van der Waals surface area contributed by atoms with Gasteiger partial charge in [0.1, 0.15) is 23.2 Å². The van der Waals surface area contributed by atoms with Gasteiger partial charge >= 0.3 is 12.3 Å². The lowest BCUT2D eigenvalue weighted by Crippen LogP contribution is -2.44. The highest BCUT2D eigenvalue weighted by atomic mass is 35.5. The first-order valence-electron chi connectivity index (χ1n) is 16.7. The Morgan fingerprint density at radius 2 is 1.79 bits per heavy atom. The Balaban J connectivity index is 0.000000773. The maximum Gasteiger partial charge on any atom is 0.411 e. The molecule has 1 amide bonds. The SMILES string of the molecule is CF.COCC(c1ccc(Cl)c(-n2ncnc2F)c1)N(C)C(N)=N[C@](C=O)(CC(C)(C)C)c1ccc(/C(F)=C/C=N\NCF)cc1.O=CNC1(C(F)(F)F)CC1. The number of hydrogen-bond acceptors (Lipinski definition) is 8. The number of methoxy groups -OCH3 is 1. The van der Waals surface area contributed by atoms with Crippen molar-refractivity contribution in [3.8, 4) is 5.69 Å². The van der Waals surface area contributed by atoms with Crippen molar-refractivity contribution >= 4 is 42.3 Å². The van der Waals surface area contributed by atoms with Crippen LogP contribution in [0.15, 0.2) is 65.0 Å². The molecule has 56 heavy (non-hydrogen) atoms. The number of halogens is 8. The molecule has 4 rings (SSSR count). The number of amides is 1. The molecule has 0 spiro atoms. The van der Waals surface area contributed by atoms with E-state index in [1.54, 1.807) is 47.6 Å². The van der Waals surface area contributed by atoms with Crippen LogP contribution in [0.1, 0.15) is 62.8 Å². The highest BCUT2D eigenvalue weighted by molar-refractivity contribution is 6.32. The number of hydrogen-bond donors (Lipinski definition) is 3. The molecule has 1 aliphatic carbocycles. The van der Waals surface area contributed by atoms with Crippen LogP contribution in [0.2, 0.25) is 5.02 Å². The minimum absolute atomic E-state index is 0.00917. The van der Waals surface area contributed by atoms with Gasteiger partial charge < -0.3 is 25.5 Å². The fraction of sp³-hybridized carbons (Fsp3) is 0.444. The molecular formula is C36H45ClF7N9O3. The number of nitrogens with two attached hydrogens (primary N) is 1. The summed E-state index contributed by atoms with van der Waals surface area (Å²) in [4.78, 5) is 32.5. The average Bonchev–Trinajstić information content (AvgIpc) is 3.84. The van der Waals surface area contributed by atoms with Crippen LogP contribution < -0.4 is 16.5 Å². The Morgan fingerprint density at radius 1 is 1.14 bits per heavy atom. The zero-order valence-corrected chi connectivity index (χ0v) is 32.3. The normalized spacial score (nSPS) is 15.7. The van der Waals surface area contributed by atoms with Crippen molar-refractivity contribution in [2.75, 3.05) is 34.7 Å². The Morgan fingerprint density at radius 3 is 2.25 bits per heavy atom. The van der Waals surface area contributed by atoms with Gasteiger partial charge in [0.2, 0.25) is 6.41 Å². The monoisotopic (exact) mass is 819 g/mol. The van der Waals surface area contributed by atoms with Gasteiger partial charge in [0.15, 0.2) is 19.0 Å². The summed E-state index contributed by atoms with van der Waals surface area (Å²) in [5, 5.41) is 9.42. The second-order valence-electron chi connectivity index (χ2n) is 13.5. The standard InChI is InChI=1S/C30H36ClF3N8O2.C5H6F3NO.CH3F/c1-29(2,3)16-30(17-43,22-9-6-20(7-10-22)24(33)12-13-37-38-18-32)40-28(35)41(4)26(15-44-5)21-8-11-23(31)25(14-21)42-27(34)36-19-39-42;6-5(7,8)4(1-2-4)9-3-10;1-2/h6-14,17,19,26,38H,15-16,18H2,1-5H3,(H2,35,40);3H,1-2H2,(H,9,10);1H3/b24-12-,37-13-;;/t26?,30-;;/m0../s1. The number of rotatable bonds is 15. The van der Waals surface area contributed by atoms with Crippen molar-refractivity contribution in [3.63, 3.8) is 0 Å². The first kappa shape index (κ1) is 47.1. The van der Waals surface area contributed by atoms with Crippen LogP contribution in [0.25, 0.3) is 11.5 Å². The van der Waals surface area contributed by atoms with E-state index in [4.69, 9.17) is 27.1 Å². The second kappa shape index (κ2) is 20.8. The maximum atomic E-state index is 14.6. The number of aldehydes is 1. The Bertz CT molecular complexity index is 1810. The fourth-order valence-electron chi connectivity index (χ4n) is 5.42. The molecule has 12 nitrogen and oxygen atoms in total. The number of aliphatic imine (C=N–C) groups is 1. The van der Waals surface area contributed by atoms with Gasteiger partial charge in [0.05, 0.1) is 30.5 Å². The second-order valence-corrected chi connectivity index (χ2v) is 13.9. The van der Waals surface area contributed by atoms with Crippen LogP contribution in [-0.2, 0) is 19.9 Å². The Kier molecular flexibility index (Phi) is 17.5. The summed E-state index contributed by atoms with van der Waals surface area (Å²) in [6, 6.07) is 10.7. The number of ether oxygens (including phenoxy) is 1. The number of alkyl halides is 5. The third-order valence-corrected chi connectivity index (χ3v) is 8.61. The molecule has 2 atom stereocenters. The van der Waals surface area contributed by atoms with Crippen LogP contribution in [-0.4, -0.2) is 91.0 Å². The summed E-state index contributed by atoms with van der Waals surface area (Å²) >= 11 is 6.35. The minimum Gasteiger partial charge on any atom is -0.382 e. The lowest BCUT2D eigenvalue weighted by Gasteiger charge is -2.35. The molecule has 3 aromatic rings. The zero-order valence-electron chi connectivity index (χ0n) is 31.6. The van der Waals surface area contributed by atoms with Crippen LogP contribution in [0, 0.1) is 11.5 Å². The Labute approximate surface area is 325 Å². The van der Waals surface area contributed by atoms with E-state index in [1.165, 1.54) is 19.2 Å². The van der Waals surface area contributed by atoms with Crippen molar-refractivity contribution in [2.24, 2.45) is 21.2 Å². The smallest absolute Gasteiger partial charge is 0.382 e. The molecule has 4 N–H and O–H groups in total. The lowest BCUT2D eigenvalue weighted by atomic mass is 9.76. The van der Waals surface area contributed by atoms with E-state index in [2.05, 4.69) is 20.6 Å². The van der Waals surface area contributed by atoms with E-state index >= 15 is 0 Å². The number of carbonyl (C=O) groups excluding carboxylic acids is 2. The quantitative estimate of drug-likeness (QED) is 0.0381. The number of nitrogens with zero attached hydrogens (tertiary/aromatic N) is 6. The summed E-state index contributed by atoms with van der Waals surface area (Å²) in [5.74, 6) is -0.578. The van der Waals surface area contributed by atoms with Crippen LogP contribution in [0.5, 0.6) is 0 Å². The summed E-state index contributed by atoms with van der Waals surface area (Å²) in [7, 11) is 3.72. The molecule has 20 heteroatoms. The van der Waals surface area contributed by atoms with Gasteiger partial charge in [0, 0.05) is 25.9 Å². The topological polar surface area (TPSA) is 152 Å². The third-order valence-electron chi connectivity index (χ3n) is 8.29. The average molecular weight is 820 g/mol. The summed E-state index contributed by atoms with van der Waals surface area (Å²) in [6.07, 6.45) is -0.727. The van der Waals surface area contributed by atoms with Gasteiger partial charge in [-0.15, -0.1) is 0 Å². The highest BCUT2D eigenvalue weighted by Gasteiger charge is 2.63. The first-order chi connectivity index (χ1) is 26.4. The van der Waals surface area contributed by atoms with Crippen molar-refractivity contribution in [2.45, 2.75) is 63.3 Å². The largest absolute Gasteiger partial charge is 0.411 e. The first-order valence-corrected chi connectivity index (χ1v) is 17.1. The summed E-state index contributed by atoms with van der Waals surface area (Å²) in [6.45, 7) is 5.18. The van der Waals surface area contributed by atoms with E-state index in [-0.39, 0.29) is 59.9 Å². The fourth-order valence-corrected chi connectivity index (χ4v) is 5.62. The number of carbonyl (C=O) groups is 2. The maximum absolute atomic E-state index is 14.6. The van der Waals surface area contributed by atoms with E-state index in [1.807, 2.05) is 20.8 Å². The summed E-state index contributed by atoms with van der Waals surface area (Å²) in [5.41, 5.74) is 6.63. The molecule has 1 saturated carbocycles. The molecule has 1 fully saturated rings. The molecule has 2 aromatic carbocycles. The van der Waals surface area contributed by atoms with E-state index in [0.29, 0.717) is 18.3 Å². The number of hydrazone groups is 1.